The maximum atomic E-state index is 13.6. The van der Waals surface area contributed by atoms with E-state index < -0.39 is 28.8 Å². The van der Waals surface area contributed by atoms with Crippen LogP contribution < -0.4 is 15.4 Å². The van der Waals surface area contributed by atoms with Crippen LogP contribution in [0.4, 0.5) is 24.5 Å². The fraction of sp³-hybridized carbons (Fsp3) is 0.484. The van der Waals surface area contributed by atoms with Crippen LogP contribution in [0.15, 0.2) is 47.4 Å². The molecule has 1 aliphatic heterocycles. The number of nitrogens with zero attached hydrogens (tertiary/aromatic N) is 3. The molecule has 1 saturated heterocycles. The SMILES string of the molecule is COCC(O)CN1CCC(Nc2cccc3c2cc(C#CCNc2ccc(S(=O)(=O)N(C)C)cc2OC)n3CC(F)(F)F)CC1. The molecule has 1 fully saturated rings. The Morgan fingerprint density at radius 1 is 1.11 bits per heavy atom. The zero-order valence-electron chi connectivity index (χ0n) is 25.8. The van der Waals surface area contributed by atoms with Crippen molar-refractivity contribution >= 4 is 32.3 Å². The second-order valence-corrected chi connectivity index (χ2v) is 13.3. The minimum atomic E-state index is -4.45. The van der Waals surface area contributed by atoms with Gasteiger partial charge in [-0.15, -0.1) is 0 Å². The van der Waals surface area contributed by atoms with Gasteiger partial charge in [-0.2, -0.15) is 13.2 Å². The van der Waals surface area contributed by atoms with Gasteiger partial charge in [0, 0.05) is 64.0 Å². The predicted molar refractivity (Wildman–Crippen MR) is 168 cm³/mol. The number of anilines is 2. The Labute approximate surface area is 262 Å². The molecule has 3 aromatic rings. The van der Waals surface area contributed by atoms with Gasteiger partial charge in [-0.3, -0.25) is 0 Å². The Bertz CT molecular complexity index is 1620. The number of methoxy groups -OCH3 is 2. The summed E-state index contributed by atoms with van der Waals surface area (Å²) < 4.78 is 78.5. The highest BCUT2D eigenvalue weighted by Crippen LogP contribution is 2.32. The van der Waals surface area contributed by atoms with Gasteiger partial charge in [0.2, 0.25) is 10.0 Å². The van der Waals surface area contributed by atoms with Crippen LogP contribution in [0.1, 0.15) is 18.5 Å². The van der Waals surface area contributed by atoms with E-state index in [2.05, 4.69) is 27.4 Å². The van der Waals surface area contributed by atoms with Crippen molar-refractivity contribution in [3.63, 3.8) is 0 Å². The van der Waals surface area contributed by atoms with Gasteiger partial charge in [0.05, 0.1) is 48.2 Å². The first-order valence-corrected chi connectivity index (χ1v) is 15.9. The minimum Gasteiger partial charge on any atom is -0.495 e. The summed E-state index contributed by atoms with van der Waals surface area (Å²) in [6.45, 7) is 1.27. The molecule has 1 atom stereocenters. The summed E-state index contributed by atoms with van der Waals surface area (Å²) in [4.78, 5) is 2.24. The molecule has 0 radical (unpaired) electrons. The summed E-state index contributed by atoms with van der Waals surface area (Å²) in [5.74, 6) is 6.07. The zero-order chi connectivity index (χ0) is 32.8. The first-order chi connectivity index (χ1) is 21.3. The van der Waals surface area contributed by atoms with Gasteiger partial charge >= 0.3 is 6.18 Å². The van der Waals surface area contributed by atoms with Crippen LogP contribution in [-0.4, -0.2) is 107 Å². The molecule has 0 saturated carbocycles. The maximum Gasteiger partial charge on any atom is 0.406 e. The summed E-state index contributed by atoms with van der Waals surface area (Å²) in [7, 11) is 2.17. The number of sulfonamides is 1. The number of fused-ring (bicyclic) bond motifs is 1. The van der Waals surface area contributed by atoms with Crippen molar-refractivity contribution in [2.45, 2.75) is 42.6 Å². The number of aliphatic hydroxyl groups excluding tert-OH is 1. The molecular weight excluding hydrogens is 611 g/mol. The molecule has 14 heteroatoms. The van der Waals surface area contributed by atoms with E-state index in [1.54, 1.807) is 31.4 Å². The summed E-state index contributed by atoms with van der Waals surface area (Å²) in [6, 6.07) is 11.5. The van der Waals surface area contributed by atoms with Crippen LogP contribution in [-0.2, 0) is 21.3 Å². The van der Waals surface area contributed by atoms with E-state index in [1.165, 1.54) is 37.9 Å². The number of aliphatic hydroxyl groups is 1. The molecule has 0 spiro atoms. The molecule has 1 unspecified atom stereocenters. The van der Waals surface area contributed by atoms with Gasteiger partial charge < -0.3 is 34.7 Å². The Morgan fingerprint density at radius 3 is 2.49 bits per heavy atom. The highest BCUT2D eigenvalue weighted by Gasteiger charge is 2.30. The second kappa shape index (κ2) is 14.7. The molecule has 0 bridgehead atoms. The number of alkyl halides is 3. The van der Waals surface area contributed by atoms with Crippen LogP contribution in [0.2, 0.25) is 0 Å². The van der Waals surface area contributed by atoms with Gasteiger partial charge in [0.15, 0.2) is 0 Å². The number of hydrogen-bond acceptors (Lipinski definition) is 8. The van der Waals surface area contributed by atoms with Gasteiger partial charge in [0.25, 0.3) is 0 Å². The third-order valence-electron chi connectivity index (χ3n) is 7.59. The van der Waals surface area contributed by atoms with E-state index in [4.69, 9.17) is 9.47 Å². The number of piperidine rings is 1. The van der Waals surface area contributed by atoms with Crippen molar-refractivity contribution < 1.29 is 36.2 Å². The quantitative estimate of drug-likeness (QED) is 0.254. The number of halogens is 3. The van der Waals surface area contributed by atoms with E-state index in [1.807, 2.05) is 6.07 Å². The van der Waals surface area contributed by atoms with Crippen molar-refractivity contribution in [1.82, 2.24) is 13.8 Å². The lowest BCUT2D eigenvalue weighted by atomic mass is 10.0. The Hall–Kier alpha value is -3.48. The number of aromatic nitrogens is 1. The number of likely N-dealkylation sites (tertiary alicyclic amines) is 1. The Kier molecular flexibility index (Phi) is 11.3. The summed E-state index contributed by atoms with van der Waals surface area (Å²) in [5.41, 5.74) is 1.88. The van der Waals surface area contributed by atoms with E-state index in [9.17, 15) is 26.7 Å². The molecule has 45 heavy (non-hydrogen) atoms. The maximum absolute atomic E-state index is 13.6. The number of nitrogens with one attached hydrogen (secondary N) is 2. The third-order valence-corrected chi connectivity index (χ3v) is 9.40. The van der Waals surface area contributed by atoms with Crippen molar-refractivity contribution in [1.29, 1.82) is 0 Å². The lowest BCUT2D eigenvalue weighted by molar-refractivity contribution is -0.140. The molecule has 4 rings (SSSR count). The number of rotatable bonds is 12. The summed E-state index contributed by atoms with van der Waals surface area (Å²) in [5, 5.41) is 17.3. The van der Waals surface area contributed by atoms with Crippen LogP contribution in [0.3, 0.4) is 0 Å². The number of ether oxygens (including phenoxy) is 2. The molecule has 1 aromatic heterocycles. The van der Waals surface area contributed by atoms with E-state index in [-0.39, 0.29) is 29.8 Å². The first-order valence-electron chi connectivity index (χ1n) is 14.5. The highest BCUT2D eigenvalue weighted by atomic mass is 32.2. The predicted octanol–water partition coefficient (Wildman–Crippen LogP) is 3.81. The molecule has 1 aliphatic rings. The fourth-order valence-electron chi connectivity index (χ4n) is 5.35. The lowest BCUT2D eigenvalue weighted by Crippen LogP contribution is -2.43. The van der Waals surface area contributed by atoms with Crippen LogP contribution in [0, 0.1) is 11.8 Å². The van der Waals surface area contributed by atoms with Crippen LogP contribution in [0.5, 0.6) is 5.75 Å². The van der Waals surface area contributed by atoms with E-state index in [0.29, 0.717) is 28.9 Å². The summed E-state index contributed by atoms with van der Waals surface area (Å²) >= 11 is 0. The Balaban J connectivity index is 1.51. The van der Waals surface area contributed by atoms with Crippen molar-refractivity contribution in [3.8, 4) is 17.6 Å². The van der Waals surface area contributed by atoms with Crippen molar-refractivity contribution in [2.75, 3.05) is 71.7 Å². The lowest BCUT2D eigenvalue weighted by Gasteiger charge is -2.34. The van der Waals surface area contributed by atoms with Gasteiger partial charge in [-0.1, -0.05) is 12.0 Å². The number of hydrogen-bond donors (Lipinski definition) is 3. The normalized spacial score (nSPS) is 15.6. The Morgan fingerprint density at radius 2 is 1.84 bits per heavy atom. The smallest absolute Gasteiger partial charge is 0.406 e. The van der Waals surface area contributed by atoms with Gasteiger partial charge in [0.1, 0.15) is 12.3 Å². The number of benzene rings is 2. The average Bonchev–Trinajstić information content (AvgIpc) is 3.32. The average molecular weight is 652 g/mol. The number of β-amino-alcohol motifs (C(OH)–C–C–N with tert-alkyl or cyclic N) is 1. The van der Waals surface area contributed by atoms with Crippen molar-refractivity contribution in [2.24, 2.45) is 0 Å². The van der Waals surface area contributed by atoms with Gasteiger partial charge in [-0.05, 0) is 49.1 Å². The molecule has 3 N–H and O–H groups in total. The van der Waals surface area contributed by atoms with Crippen LogP contribution in [0.25, 0.3) is 10.9 Å². The zero-order valence-corrected chi connectivity index (χ0v) is 26.6. The topological polar surface area (TPSA) is 108 Å². The third kappa shape index (κ3) is 8.83. The first kappa shape index (κ1) is 34.4. The molecule has 2 heterocycles. The molecule has 2 aromatic carbocycles. The molecule has 10 nitrogen and oxygen atoms in total. The second-order valence-electron chi connectivity index (χ2n) is 11.1. The molecule has 246 valence electrons. The largest absolute Gasteiger partial charge is 0.495 e. The van der Waals surface area contributed by atoms with E-state index >= 15 is 0 Å². The van der Waals surface area contributed by atoms with E-state index in [0.717, 1.165) is 35.9 Å². The minimum absolute atomic E-state index is 0.0634. The van der Waals surface area contributed by atoms with Gasteiger partial charge in [-0.25, -0.2) is 12.7 Å². The molecule has 0 amide bonds. The van der Waals surface area contributed by atoms with Crippen molar-refractivity contribution in [3.05, 3.63) is 48.2 Å². The monoisotopic (exact) mass is 651 g/mol. The summed E-state index contributed by atoms with van der Waals surface area (Å²) in [6.07, 6.45) is -3.36. The molecule has 0 aliphatic carbocycles. The fourth-order valence-corrected chi connectivity index (χ4v) is 6.27. The van der Waals surface area contributed by atoms with Crippen LogP contribution >= 0.6 is 0 Å². The highest BCUT2D eigenvalue weighted by molar-refractivity contribution is 7.89. The standard InChI is InChI=1S/C31H40F3N5O5S/c1-37(2)45(41,42)25-10-11-28(30(18-25)44-4)35-14-6-7-23-17-26-27(8-5-9-29(26)39(23)21-31(32,33)34)36-22-12-15-38(16-13-22)19-24(40)20-43-3/h5,8-11,17-18,22,24,35-36,40H,12-16,19-21H2,1-4H3. The molecular formula is C31H40F3N5O5S.